The van der Waals surface area contributed by atoms with Crippen molar-refractivity contribution in [2.45, 2.75) is 52.6 Å². The van der Waals surface area contributed by atoms with Crippen LogP contribution in [0.5, 0.6) is 0 Å². The fourth-order valence-electron chi connectivity index (χ4n) is 3.19. The molecule has 0 aliphatic carbocycles. The summed E-state index contributed by atoms with van der Waals surface area (Å²) < 4.78 is 0. The van der Waals surface area contributed by atoms with E-state index < -0.39 is 0 Å². The average Bonchev–Trinajstić information content (AvgIpc) is 2.53. The van der Waals surface area contributed by atoms with Gasteiger partial charge in [0.15, 0.2) is 5.78 Å². The molecule has 1 aliphatic heterocycles. The summed E-state index contributed by atoms with van der Waals surface area (Å²) in [6.07, 6.45) is 2.94. The van der Waals surface area contributed by atoms with Crippen LogP contribution in [0.3, 0.4) is 0 Å². The molecule has 1 aromatic carbocycles. The quantitative estimate of drug-likeness (QED) is 0.821. The second-order valence-electron chi connectivity index (χ2n) is 6.83. The lowest BCUT2D eigenvalue weighted by Gasteiger charge is -2.35. The lowest BCUT2D eigenvalue weighted by atomic mass is 9.90. The van der Waals surface area contributed by atoms with Crippen LogP contribution in [0.25, 0.3) is 0 Å². The fraction of sp³-hybridized carbons (Fsp3) is 0.579. The van der Waals surface area contributed by atoms with Crippen molar-refractivity contribution >= 4 is 11.7 Å². The number of likely N-dealkylation sites (tertiary alicyclic amines) is 1. The third kappa shape index (κ3) is 5.47. The molecule has 0 radical (unpaired) electrons. The number of rotatable bonds is 6. The van der Waals surface area contributed by atoms with Gasteiger partial charge >= 0.3 is 0 Å². The van der Waals surface area contributed by atoms with Gasteiger partial charge in [-0.15, -0.1) is 0 Å². The summed E-state index contributed by atoms with van der Waals surface area (Å²) in [5, 5.41) is 2.77. The van der Waals surface area contributed by atoms with E-state index >= 15 is 0 Å². The van der Waals surface area contributed by atoms with E-state index in [1.54, 1.807) is 0 Å². The van der Waals surface area contributed by atoms with Gasteiger partial charge in [-0.05, 0) is 50.8 Å². The normalized spacial score (nSPS) is 18.9. The predicted octanol–water partition coefficient (Wildman–Crippen LogP) is 3.02. The summed E-state index contributed by atoms with van der Waals surface area (Å²) in [4.78, 5) is 26.0. The van der Waals surface area contributed by atoms with Gasteiger partial charge in [-0.1, -0.05) is 18.2 Å². The van der Waals surface area contributed by atoms with Gasteiger partial charge in [0, 0.05) is 38.0 Å². The van der Waals surface area contributed by atoms with Crippen LogP contribution in [0.2, 0.25) is 0 Å². The van der Waals surface area contributed by atoms with Crippen LogP contribution < -0.4 is 5.32 Å². The van der Waals surface area contributed by atoms with Crippen molar-refractivity contribution in [3.8, 4) is 0 Å². The van der Waals surface area contributed by atoms with Crippen LogP contribution in [-0.4, -0.2) is 35.7 Å². The summed E-state index contributed by atoms with van der Waals surface area (Å²) in [5.41, 5.74) is 1.73. The topological polar surface area (TPSA) is 49.4 Å². The summed E-state index contributed by atoms with van der Waals surface area (Å²) >= 11 is 0. The minimum atomic E-state index is -0.0577. The zero-order chi connectivity index (χ0) is 16.8. The maximum atomic E-state index is 12.6. The van der Waals surface area contributed by atoms with Crippen molar-refractivity contribution in [2.75, 3.05) is 13.1 Å². The van der Waals surface area contributed by atoms with Crippen LogP contribution in [0.1, 0.15) is 56.0 Å². The number of hydrogen-bond acceptors (Lipinski definition) is 3. The first-order chi connectivity index (χ1) is 11.0. The molecule has 4 nitrogen and oxygen atoms in total. The maximum Gasteiger partial charge on any atom is 0.217 e. The van der Waals surface area contributed by atoms with Crippen molar-refractivity contribution in [2.24, 2.45) is 5.92 Å². The first-order valence-electron chi connectivity index (χ1n) is 8.56. The minimum Gasteiger partial charge on any atom is -0.352 e. The molecular formula is C19H28N2O2. The molecule has 1 aliphatic rings. The Bertz CT molecular complexity index is 554. The number of hydrogen-bond donors (Lipinski definition) is 1. The van der Waals surface area contributed by atoms with E-state index in [2.05, 4.69) is 24.1 Å². The van der Waals surface area contributed by atoms with E-state index in [1.165, 1.54) is 13.3 Å². The van der Waals surface area contributed by atoms with E-state index in [9.17, 15) is 9.59 Å². The van der Waals surface area contributed by atoms with Crippen molar-refractivity contribution < 1.29 is 9.59 Å². The molecule has 0 saturated carbocycles. The van der Waals surface area contributed by atoms with Crippen molar-refractivity contribution in [3.63, 3.8) is 0 Å². The molecular weight excluding hydrogens is 288 g/mol. The second kappa shape index (κ2) is 8.25. The Morgan fingerprint density at radius 2 is 2.13 bits per heavy atom. The van der Waals surface area contributed by atoms with Gasteiger partial charge in [0.25, 0.3) is 0 Å². The summed E-state index contributed by atoms with van der Waals surface area (Å²) in [5.74, 6) is 0.612. The molecule has 1 heterocycles. The van der Waals surface area contributed by atoms with Crippen LogP contribution in [0.15, 0.2) is 24.3 Å². The number of nitrogens with zero attached hydrogens (tertiary/aromatic N) is 1. The number of amides is 1. The van der Waals surface area contributed by atoms with E-state index in [0.717, 1.165) is 30.6 Å². The molecule has 2 rings (SSSR count). The Morgan fingerprint density at radius 3 is 2.83 bits per heavy atom. The first-order valence-corrected chi connectivity index (χ1v) is 8.56. The van der Waals surface area contributed by atoms with E-state index in [-0.39, 0.29) is 11.7 Å². The standard InChI is InChI=1S/C19H28N2O2/c1-14(2)21-9-5-7-17(13-21)11-19(23)18-8-4-6-16(10-18)12-20-15(3)22/h4,6,8,10,14,17H,5,7,9,11-13H2,1-3H3,(H,20,22)/t17-/m0/s1. The van der Waals surface area contributed by atoms with Gasteiger partial charge in [0.2, 0.25) is 5.91 Å². The van der Waals surface area contributed by atoms with Crippen molar-refractivity contribution in [1.29, 1.82) is 0 Å². The summed E-state index contributed by atoms with van der Waals surface area (Å²) in [6, 6.07) is 8.16. The fourth-order valence-corrected chi connectivity index (χ4v) is 3.19. The molecule has 0 aromatic heterocycles. The lowest BCUT2D eigenvalue weighted by Crippen LogP contribution is -2.40. The molecule has 1 amide bonds. The molecule has 0 spiro atoms. The zero-order valence-corrected chi connectivity index (χ0v) is 14.5. The van der Waals surface area contributed by atoms with E-state index in [4.69, 9.17) is 0 Å². The van der Waals surface area contributed by atoms with Crippen LogP contribution in [0.4, 0.5) is 0 Å². The highest BCUT2D eigenvalue weighted by Gasteiger charge is 2.24. The minimum absolute atomic E-state index is 0.0577. The number of carbonyl (C=O) groups is 2. The Morgan fingerprint density at radius 1 is 1.35 bits per heavy atom. The van der Waals surface area contributed by atoms with Crippen LogP contribution in [0, 0.1) is 5.92 Å². The molecule has 1 fully saturated rings. The van der Waals surface area contributed by atoms with Gasteiger partial charge in [0.05, 0.1) is 0 Å². The van der Waals surface area contributed by atoms with Crippen molar-refractivity contribution in [3.05, 3.63) is 35.4 Å². The highest BCUT2D eigenvalue weighted by molar-refractivity contribution is 5.96. The number of ketones is 1. The largest absolute Gasteiger partial charge is 0.352 e. The van der Waals surface area contributed by atoms with Gasteiger partial charge in [-0.3, -0.25) is 9.59 Å². The molecule has 1 atom stereocenters. The second-order valence-corrected chi connectivity index (χ2v) is 6.83. The number of Topliss-reactive ketones (excluding diaryl/α,β-unsaturated/α-hetero) is 1. The monoisotopic (exact) mass is 316 g/mol. The molecule has 0 bridgehead atoms. The van der Waals surface area contributed by atoms with Gasteiger partial charge in [-0.25, -0.2) is 0 Å². The summed E-state index contributed by atoms with van der Waals surface area (Å²) in [6.45, 7) is 8.58. The molecule has 126 valence electrons. The van der Waals surface area contributed by atoms with Crippen LogP contribution >= 0.6 is 0 Å². The first kappa shape index (κ1) is 17.7. The Hall–Kier alpha value is -1.68. The predicted molar refractivity (Wildman–Crippen MR) is 92.3 cm³/mol. The average molecular weight is 316 g/mol. The summed E-state index contributed by atoms with van der Waals surface area (Å²) in [7, 11) is 0. The molecule has 23 heavy (non-hydrogen) atoms. The lowest BCUT2D eigenvalue weighted by molar-refractivity contribution is -0.119. The number of piperidine rings is 1. The highest BCUT2D eigenvalue weighted by Crippen LogP contribution is 2.23. The molecule has 0 unspecified atom stereocenters. The SMILES string of the molecule is CC(=O)NCc1cccc(C(=O)C[C@@H]2CCCN(C(C)C)C2)c1. The molecule has 4 heteroatoms. The van der Waals surface area contributed by atoms with Crippen LogP contribution in [-0.2, 0) is 11.3 Å². The van der Waals surface area contributed by atoms with Gasteiger partial charge in [-0.2, -0.15) is 0 Å². The van der Waals surface area contributed by atoms with E-state index in [0.29, 0.717) is 24.9 Å². The molecule has 1 N–H and O–H groups in total. The zero-order valence-electron chi connectivity index (χ0n) is 14.5. The number of benzene rings is 1. The maximum absolute atomic E-state index is 12.6. The molecule has 1 saturated heterocycles. The Kier molecular flexibility index (Phi) is 6.34. The Balaban J connectivity index is 1.95. The highest BCUT2D eigenvalue weighted by atomic mass is 16.1. The third-order valence-corrected chi connectivity index (χ3v) is 4.55. The van der Waals surface area contributed by atoms with Gasteiger partial charge < -0.3 is 10.2 Å². The van der Waals surface area contributed by atoms with Crippen molar-refractivity contribution in [1.82, 2.24) is 10.2 Å². The number of carbonyl (C=O) groups excluding carboxylic acids is 2. The Labute approximate surface area is 139 Å². The molecule has 1 aromatic rings. The smallest absolute Gasteiger partial charge is 0.217 e. The van der Waals surface area contributed by atoms with E-state index in [1.807, 2.05) is 24.3 Å². The van der Waals surface area contributed by atoms with Gasteiger partial charge in [0.1, 0.15) is 0 Å². The third-order valence-electron chi connectivity index (χ3n) is 4.55. The number of nitrogens with one attached hydrogen (secondary N) is 1.